The van der Waals surface area contributed by atoms with Crippen LogP contribution >= 0.6 is 0 Å². The molecule has 4 heteroatoms. The van der Waals surface area contributed by atoms with Gasteiger partial charge in [-0.15, -0.1) is 0 Å². The average molecular weight is 282 g/mol. The van der Waals surface area contributed by atoms with Crippen molar-refractivity contribution in [3.8, 4) is 0 Å². The lowest BCUT2D eigenvalue weighted by Gasteiger charge is -2.32. The second-order valence-electron chi connectivity index (χ2n) is 6.17. The zero-order valence-corrected chi connectivity index (χ0v) is 13.9. The summed E-state index contributed by atoms with van der Waals surface area (Å²) in [4.78, 5) is 2.18. The van der Waals surface area contributed by atoms with Gasteiger partial charge in [0, 0.05) is 11.1 Å². The van der Waals surface area contributed by atoms with E-state index in [0.29, 0.717) is 13.2 Å². The second-order valence-corrected chi connectivity index (χ2v) is 6.17. The third-order valence-corrected chi connectivity index (χ3v) is 3.72. The van der Waals surface area contributed by atoms with Gasteiger partial charge in [-0.25, -0.2) is 0 Å². The number of aryl methyl sites for hydroxylation is 1. The van der Waals surface area contributed by atoms with Gasteiger partial charge < -0.3 is 19.4 Å². The summed E-state index contributed by atoms with van der Waals surface area (Å²) in [6.45, 7) is 11.6. The number of nitrogens with one attached hydrogen (secondary N) is 1. The van der Waals surface area contributed by atoms with E-state index in [-0.39, 0.29) is 5.54 Å². The highest BCUT2D eigenvalue weighted by Gasteiger charge is 2.20. The van der Waals surface area contributed by atoms with E-state index >= 15 is 0 Å². The van der Waals surface area contributed by atoms with E-state index in [0.717, 1.165) is 36.6 Å². The Bertz CT molecular complexity index is 397. The summed E-state index contributed by atoms with van der Waals surface area (Å²) >= 11 is 0. The van der Waals surface area contributed by atoms with Crippen LogP contribution in [0, 0.1) is 6.92 Å². The molecule has 0 bridgehead atoms. The number of ether oxygens (including phenoxy) is 1. The maximum atomic E-state index is 5.84. The molecule has 0 radical (unpaired) electrons. The Morgan fingerprint density at radius 3 is 2.65 bits per heavy atom. The maximum absolute atomic E-state index is 5.84. The lowest BCUT2D eigenvalue weighted by molar-refractivity contribution is 0.0270. The summed E-state index contributed by atoms with van der Waals surface area (Å²) in [5.74, 6) is 1.95. The van der Waals surface area contributed by atoms with E-state index < -0.39 is 0 Å². The minimum absolute atomic E-state index is 0.0448. The normalized spacial score (nSPS) is 12.3. The third-order valence-electron chi connectivity index (χ3n) is 3.72. The molecule has 0 amide bonds. The molecule has 0 unspecified atom stereocenters. The van der Waals surface area contributed by atoms with Crippen LogP contribution in [0.5, 0.6) is 0 Å². The quantitative estimate of drug-likeness (QED) is 0.707. The molecule has 0 aromatic carbocycles. The Labute approximate surface area is 123 Å². The van der Waals surface area contributed by atoms with Crippen molar-refractivity contribution in [1.82, 2.24) is 10.2 Å². The molecule has 1 N–H and O–H groups in total. The Morgan fingerprint density at radius 2 is 2.05 bits per heavy atom. The predicted octanol–water partition coefficient (Wildman–Crippen LogP) is 2.94. The van der Waals surface area contributed by atoms with Crippen LogP contribution in [0.2, 0.25) is 0 Å². The zero-order chi connectivity index (χ0) is 15.2. The maximum Gasteiger partial charge on any atom is 0.118 e. The summed E-state index contributed by atoms with van der Waals surface area (Å²) in [7, 11) is 4.15. The summed E-state index contributed by atoms with van der Waals surface area (Å²) in [5.41, 5.74) is 1.19. The summed E-state index contributed by atoms with van der Waals surface area (Å²) < 4.78 is 11.6. The minimum Gasteiger partial charge on any atom is -0.465 e. The lowest BCUT2D eigenvalue weighted by atomic mass is 10.1. The first-order valence-corrected chi connectivity index (χ1v) is 7.41. The number of likely N-dealkylation sites (N-methyl/N-ethyl adjacent to an activating group) is 1. The van der Waals surface area contributed by atoms with Crippen molar-refractivity contribution in [3.63, 3.8) is 0 Å². The van der Waals surface area contributed by atoms with E-state index in [4.69, 9.17) is 9.15 Å². The highest BCUT2D eigenvalue weighted by Crippen LogP contribution is 2.17. The Balaban J connectivity index is 2.44. The van der Waals surface area contributed by atoms with Gasteiger partial charge in [0.1, 0.15) is 11.5 Å². The number of rotatable bonds is 9. The molecule has 1 rings (SSSR count). The first-order valence-electron chi connectivity index (χ1n) is 7.41. The van der Waals surface area contributed by atoms with Gasteiger partial charge in [0.2, 0.25) is 0 Å². The van der Waals surface area contributed by atoms with Crippen LogP contribution in [0.1, 0.15) is 44.3 Å². The number of furan rings is 1. The van der Waals surface area contributed by atoms with Gasteiger partial charge in [-0.1, -0.05) is 6.92 Å². The molecule has 0 aliphatic rings. The molecular formula is C16H30N2O2. The largest absolute Gasteiger partial charge is 0.465 e. The van der Waals surface area contributed by atoms with Crippen molar-refractivity contribution in [2.24, 2.45) is 0 Å². The van der Waals surface area contributed by atoms with Crippen LogP contribution in [-0.2, 0) is 17.9 Å². The summed E-state index contributed by atoms with van der Waals surface area (Å²) in [5, 5.41) is 3.35. The monoisotopic (exact) mass is 282 g/mol. The third kappa shape index (κ3) is 5.27. The molecular weight excluding hydrogens is 252 g/mol. The van der Waals surface area contributed by atoms with Gasteiger partial charge in [-0.05, 0) is 53.9 Å². The first-order chi connectivity index (χ1) is 9.36. The van der Waals surface area contributed by atoms with Crippen molar-refractivity contribution in [3.05, 3.63) is 23.2 Å². The molecule has 4 nitrogen and oxygen atoms in total. The molecule has 0 atom stereocenters. The molecule has 0 fully saturated rings. The van der Waals surface area contributed by atoms with Gasteiger partial charge in [-0.2, -0.15) is 0 Å². The number of hydrogen-bond acceptors (Lipinski definition) is 4. The second kappa shape index (κ2) is 7.81. The lowest BCUT2D eigenvalue weighted by Crippen LogP contribution is -2.42. The fourth-order valence-corrected chi connectivity index (χ4v) is 1.75. The molecule has 0 saturated carbocycles. The average Bonchev–Trinajstić information content (AvgIpc) is 2.70. The SMILES string of the molecule is CCCNCc1cc(COCC(C)(C)N(C)C)c(C)o1. The van der Waals surface area contributed by atoms with Crippen molar-refractivity contribution < 1.29 is 9.15 Å². The molecule has 0 aliphatic carbocycles. The van der Waals surface area contributed by atoms with Crippen molar-refractivity contribution in [1.29, 1.82) is 0 Å². The van der Waals surface area contributed by atoms with Gasteiger partial charge in [-0.3, -0.25) is 0 Å². The molecule has 0 aliphatic heterocycles. The van der Waals surface area contributed by atoms with Crippen LogP contribution in [0.4, 0.5) is 0 Å². The summed E-state index contributed by atoms with van der Waals surface area (Å²) in [6, 6.07) is 2.10. The summed E-state index contributed by atoms with van der Waals surface area (Å²) in [6.07, 6.45) is 1.13. The first kappa shape index (κ1) is 17.2. The van der Waals surface area contributed by atoms with Crippen molar-refractivity contribution in [2.45, 2.75) is 52.8 Å². The molecule has 1 aromatic rings. The van der Waals surface area contributed by atoms with Crippen molar-refractivity contribution >= 4 is 0 Å². The van der Waals surface area contributed by atoms with E-state index in [2.05, 4.69) is 51.1 Å². The topological polar surface area (TPSA) is 37.6 Å². The van der Waals surface area contributed by atoms with Crippen LogP contribution in [-0.4, -0.2) is 37.7 Å². The fraction of sp³-hybridized carbons (Fsp3) is 0.750. The van der Waals surface area contributed by atoms with E-state index in [1.807, 2.05) is 6.92 Å². The standard InChI is InChI=1S/C16H30N2O2/c1-7-8-17-10-15-9-14(13(2)20-15)11-19-12-16(3,4)18(5)6/h9,17H,7-8,10-12H2,1-6H3. The predicted molar refractivity (Wildman–Crippen MR) is 82.9 cm³/mol. The molecule has 0 spiro atoms. The smallest absolute Gasteiger partial charge is 0.118 e. The van der Waals surface area contributed by atoms with Gasteiger partial charge in [0.05, 0.1) is 19.8 Å². The van der Waals surface area contributed by atoms with Crippen LogP contribution in [0.15, 0.2) is 10.5 Å². The Kier molecular flexibility index (Phi) is 6.72. The van der Waals surface area contributed by atoms with Crippen LogP contribution in [0.3, 0.4) is 0 Å². The van der Waals surface area contributed by atoms with E-state index in [1.54, 1.807) is 0 Å². The number of hydrogen-bond donors (Lipinski definition) is 1. The Hall–Kier alpha value is -0.840. The van der Waals surface area contributed by atoms with Gasteiger partial charge in [0.25, 0.3) is 0 Å². The number of nitrogens with zero attached hydrogens (tertiary/aromatic N) is 1. The fourth-order valence-electron chi connectivity index (χ4n) is 1.75. The van der Waals surface area contributed by atoms with E-state index in [9.17, 15) is 0 Å². The minimum atomic E-state index is 0.0448. The van der Waals surface area contributed by atoms with Crippen molar-refractivity contribution in [2.75, 3.05) is 27.2 Å². The van der Waals surface area contributed by atoms with Gasteiger partial charge >= 0.3 is 0 Å². The van der Waals surface area contributed by atoms with Gasteiger partial charge in [0.15, 0.2) is 0 Å². The zero-order valence-electron chi connectivity index (χ0n) is 13.9. The Morgan fingerprint density at radius 1 is 1.35 bits per heavy atom. The molecule has 20 heavy (non-hydrogen) atoms. The van der Waals surface area contributed by atoms with Crippen LogP contribution in [0.25, 0.3) is 0 Å². The van der Waals surface area contributed by atoms with E-state index in [1.165, 1.54) is 0 Å². The van der Waals surface area contributed by atoms with Crippen LogP contribution < -0.4 is 5.32 Å². The highest BCUT2D eigenvalue weighted by molar-refractivity contribution is 5.19. The molecule has 1 heterocycles. The molecule has 116 valence electrons. The molecule has 1 aromatic heterocycles. The highest BCUT2D eigenvalue weighted by atomic mass is 16.5. The molecule has 0 saturated heterocycles.